The lowest BCUT2D eigenvalue weighted by Crippen LogP contribution is -2.25. The molecule has 0 amide bonds. The fourth-order valence-electron chi connectivity index (χ4n) is 0.608. The van der Waals surface area contributed by atoms with E-state index in [2.05, 4.69) is 17.6 Å². The Morgan fingerprint density at radius 2 is 1.83 bits per heavy atom. The third kappa shape index (κ3) is 6.74. The van der Waals surface area contributed by atoms with Crippen LogP contribution in [0.1, 0.15) is 13.8 Å². The summed E-state index contributed by atoms with van der Waals surface area (Å²) < 4.78 is 0. The predicted molar refractivity (Wildman–Crippen MR) is 53.0 cm³/mol. The molecule has 68 valence electrons. The molecule has 1 rings (SSSR count). The molecule has 4 N–H and O–H groups in total. The Kier molecular flexibility index (Phi) is 6.84. The average molecular weight is 167 g/mol. The van der Waals surface area contributed by atoms with Gasteiger partial charge in [-0.25, -0.2) is 0 Å². The molecule has 0 saturated carbocycles. The van der Waals surface area contributed by atoms with Crippen molar-refractivity contribution in [2.75, 3.05) is 0 Å². The second kappa shape index (κ2) is 7.72. The lowest BCUT2D eigenvalue weighted by molar-refractivity contribution is 0.625. The SMILES string of the molecule is C/C=C\C=C/N.CC1NC=CN1. The molecule has 0 atom stereocenters. The van der Waals surface area contributed by atoms with Crippen LogP contribution in [0.3, 0.4) is 0 Å². The Hall–Kier alpha value is -1.38. The van der Waals surface area contributed by atoms with E-state index in [1.165, 1.54) is 6.20 Å². The van der Waals surface area contributed by atoms with Crippen LogP contribution in [0.25, 0.3) is 0 Å². The van der Waals surface area contributed by atoms with Crippen LogP contribution >= 0.6 is 0 Å². The summed E-state index contributed by atoms with van der Waals surface area (Å²) in [5, 5.41) is 6.06. The van der Waals surface area contributed by atoms with Crippen molar-refractivity contribution in [3.05, 3.63) is 36.8 Å². The molecular formula is C9H17N3. The summed E-state index contributed by atoms with van der Waals surface area (Å²) in [5.41, 5.74) is 4.98. The largest absolute Gasteiger partial charge is 0.405 e. The Morgan fingerprint density at radius 1 is 1.25 bits per heavy atom. The third-order valence-corrected chi connectivity index (χ3v) is 1.19. The Balaban J connectivity index is 0.000000202. The van der Waals surface area contributed by atoms with Gasteiger partial charge in [-0.15, -0.1) is 0 Å². The minimum absolute atomic E-state index is 0.435. The highest BCUT2D eigenvalue weighted by atomic mass is 15.1. The zero-order chi connectivity index (χ0) is 9.23. The zero-order valence-electron chi connectivity index (χ0n) is 7.62. The van der Waals surface area contributed by atoms with Crippen LogP contribution in [0.5, 0.6) is 0 Å². The number of rotatable bonds is 1. The normalized spacial score (nSPS) is 15.8. The summed E-state index contributed by atoms with van der Waals surface area (Å²) in [6.07, 6.45) is 11.3. The molecule has 0 aromatic rings. The smallest absolute Gasteiger partial charge is 0.0926 e. The molecule has 1 aliphatic rings. The van der Waals surface area contributed by atoms with Crippen molar-refractivity contribution >= 4 is 0 Å². The zero-order valence-corrected chi connectivity index (χ0v) is 7.62. The maximum absolute atomic E-state index is 4.98. The minimum Gasteiger partial charge on any atom is -0.405 e. The van der Waals surface area contributed by atoms with E-state index in [-0.39, 0.29) is 0 Å². The molecule has 0 unspecified atom stereocenters. The van der Waals surface area contributed by atoms with E-state index >= 15 is 0 Å². The van der Waals surface area contributed by atoms with Crippen molar-refractivity contribution in [3.8, 4) is 0 Å². The van der Waals surface area contributed by atoms with E-state index < -0.39 is 0 Å². The summed E-state index contributed by atoms with van der Waals surface area (Å²) in [4.78, 5) is 0. The standard InChI is InChI=1S/C5H9N.C4H8N2/c1-2-3-4-5-6;1-4-5-2-3-6-4/h2-5H,6H2,1H3;2-6H,1H3/b3-2-,5-4-;. The Morgan fingerprint density at radius 3 is 2.00 bits per heavy atom. The highest BCUT2D eigenvalue weighted by molar-refractivity contribution is 4.98. The van der Waals surface area contributed by atoms with Crippen molar-refractivity contribution in [2.24, 2.45) is 5.73 Å². The van der Waals surface area contributed by atoms with Gasteiger partial charge in [0.05, 0.1) is 6.17 Å². The van der Waals surface area contributed by atoms with Gasteiger partial charge in [0.15, 0.2) is 0 Å². The average Bonchev–Trinajstić information content (AvgIpc) is 2.53. The first-order valence-corrected chi connectivity index (χ1v) is 3.98. The maximum Gasteiger partial charge on any atom is 0.0926 e. The Labute approximate surface area is 74.0 Å². The van der Waals surface area contributed by atoms with Gasteiger partial charge in [-0.1, -0.05) is 12.2 Å². The van der Waals surface area contributed by atoms with Crippen LogP contribution in [-0.2, 0) is 0 Å². The van der Waals surface area contributed by atoms with Crippen LogP contribution in [0.2, 0.25) is 0 Å². The Bertz CT molecular complexity index is 153. The van der Waals surface area contributed by atoms with Gasteiger partial charge in [0, 0.05) is 12.4 Å². The van der Waals surface area contributed by atoms with Gasteiger partial charge >= 0.3 is 0 Å². The van der Waals surface area contributed by atoms with Crippen molar-refractivity contribution in [1.29, 1.82) is 0 Å². The molecular weight excluding hydrogens is 150 g/mol. The van der Waals surface area contributed by atoms with Crippen molar-refractivity contribution in [3.63, 3.8) is 0 Å². The number of nitrogens with one attached hydrogen (secondary N) is 2. The number of nitrogens with two attached hydrogens (primary N) is 1. The predicted octanol–water partition coefficient (Wildman–Crippen LogP) is 1.03. The van der Waals surface area contributed by atoms with Gasteiger partial charge in [-0.3, -0.25) is 0 Å². The second-order valence-corrected chi connectivity index (χ2v) is 2.30. The highest BCUT2D eigenvalue weighted by Gasteiger charge is 1.94. The number of allylic oxidation sites excluding steroid dienone is 3. The summed E-state index contributed by atoms with van der Waals surface area (Å²) in [5.74, 6) is 0. The summed E-state index contributed by atoms with van der Waals surface area (Å²) in [6.45, 7) is 4.00. The van der Waals surface area contributed by atoms with E-state index in [4.69, 9.17) is 5.73 Å². The van der Waals surface area contributed by atoms with E-state index in [0.717, 1.165) is 0 Å². The van der Waals surface area contributed by atoms with E-state index in [1.807, 2.05) is 31.5 Å². The van der Waals surface area contributed by atoms with Gasteiger partial charge in [0.25, 0.3) is 0 Å². The number of hydrogen-bond acceptors (Lipinski definition) is 3. The maximum atomic E-state index is 4.98. The second-order valence-electron chi connectivity index (χ2n) is 2.30. The van der Waals surface area contributed by atoms with Crippen molar-refractivity contribution < 1.29 is 0 Å². The van der Waals surface area contributed by atoms with Gasteiger partial charge in [0.2, 0.25) is 0 Å². The lowest BCUT2D eigenvalue weighted by Gasteiger charge is -2.00. The molecule has 0 bridgehead atoms. The molecule has 0 aromatic carbocycles. The summed E-state index contributed by atoms with van der Waals surface area (Å²) >= 11 is 0. The van der Waals surface area contributed by atoms with Gasteiger partial charge < -0.3 is 16.4 Å². The molecule has 1 heterocycles. The van der Waals surface area contributed by atoms with Gasteiger partial charge in [0.1, 0.15) is 0 Å². The highest BCUT2D eigenvalue weighted by Crippen LogP contribution is 1.80. The monoisotopic (exact) mass is 167 g/mol. The fraction of sp³-hybridized carbons (Fsp3) is 0.333. The third-order valence-electron chi connectivity index (χ3n) is 1.19. The molecule has 0 radical (unpaired) electrons. The molecule has 12 heavy (non-hydrogen) atoms. The van der Waals surface area contributed by atoms with Crippen LogP contribution in [0, 0.1) is 0 Å². The molecule has 1 aliphatic heterocycles. The molecule has 0 aromatic heterocycles. The first-order chi connectivity index (χ1) is 5.81. The topological polar surface area (TPSA) is 50.1 Å². The summed E-state index contributed by atoms with van der Waals surface area (Å²) in [6, 6.07) is 0. The molecule has 3 heteroatoms. The molecule has 0 aliphatic carbocycles. The summed E-state index contributed by atoms with van der Waals surface area (Å²) in [7, 11) is 0. The minimum atomic E-state index is 0.435. The van der Waals surface area contributed by atoms with E-state index in [9.17, 15) is 0 Å². The van der Waals surface area contributed by atoms with Gasteiger partial charge in [-0.05, 0) is 26.1 Å². The van der Waals surface area contributed by atoms with Crippen LogP contribution in [-0.4, -0.2) is 6.17 Å². The molecule has 0 spiro atoms. The lowest BCUT2D eigenvalue weighted by atomic mass is 10.5. The van der Waals surface area contributed by atoms with Crippen molar-refractivity contribution in [1.82, 2.24) is 10.6 Å². The van der Waals surface area contributed by atoms with Crippen LogP contribution in [0.4, 0.5) is 0 Å². The van der Waals surface area contributed by atoms with Crippen molar-refractivity contribution in [2.45, 2.75) is 20.0 Å². The van der Waals surface area contributed by atoms with E-state index in [0.29, 0.717) is 6.17 Å². The molecule has 0 saturated heterocycles. The first-order valence-electron chi connectivity index (χ1n) is 3.98. The fourth-order valence-corrected chi connectivity index (χ4v) is 0.608. The van der Waals surface area contributed by atoms with E-state index in [1.54, 1.807) is 6.08 Å². The molecule has 0 fully saturated rings. The first kappa shape index (κ1) is 10.6. The van der Waals surface area contributed by atoms with Crippen LogP contribution in [0.15, 0.2) is 36.8 Å². The quantitative estimate of drug-likeness (QED) is 0.511. The number of hydrogen-bond donors (Lipinski definition) is 3. The van der Waals surface area contributed by atoms with Gasteiger partial charge in [-0.2, -0.15) is 0 Å². The van der Waals surface area contributed by atoms with Crippen LogP contribution < -0.4 is 16.4 Å². The molecule has 3 nitrogen and oxygen atoms in total.